The third kappa shape index (κ3) is 26.4. The van der Waals surface area contributed by atoms with E-state index in [-0.39, 0.29) is 5.91 Å². The number of anilines is 9. The molecule has 2 aliphatic heterocycles. The Hall–Kier alpha value is -11.8. The first-order chi connectivity index (χ1) is 55.3. The number of carbonyl (C=O) groups is 1. The first kappa shape index (κ1) is 92.8. The van der Waals surface area contributed by atoms with E-state index >= 15 is 0 Å². The monoisotopic (exact) mass is 1540 g/mol. The normalized spacial score (nSPS) is 11.2. The third-order valence-corrected chi connectivity index (χ3v) is 18.6. The zero-order chi connectivity index (χ0) is 83.8. The molecule has 7 aromatic heterocycles. The van der Waals surface area contributed by atoms with Gasteiger partial charge in [-0.2, -0.15) is 0 Å². The van der Waals surface area contributed by atoms with Crippen molar-refractivity contribution in [3.63, 3.8) is 0 Å². The van der Waals surface area contributed by atoms with E-state index in [0.29, 0.717) is 6.54 Å². The molecular formula is C96H131N17O. The lowest BCUT2D eigenvalue weighted by Crippen LogP contribution is -2.42. The molecule has 0 radical (unpaired) electrons. The average molecular weight is 1540 g/mol. The van der Waals surface area contributed by atoms with E-state index in [4.69, 9.17) is 4.98 Å². The number of benzene rings is 6. The van der Waals surface area contributed by atoms with Crippen molar-refractivity contribution in [2.75, 3.05) is 94.0 Å². The van der Waals surface area contributed by atoms with E-state index in [0.717, 1.165) is 132 Å². The number of rotatable bonds is 15. The van der Waals surface area contributed by atoms with Crippen molar-refractivity contribution < 1.29 is 4.79 Å². The number of carbonyl (C=O) groups excluding carboxylic acids is 1. The Bertz CT molecular complexity index is 4820. The number of fused-ring (bicyclic) bond motifs is 5. The Morgan fingerprint density at radius 3 is 1.08 bits per heavy atom. The van der Waals surface area contributed by atoms with Crippen LogP contribution in [0.2, 0.25) is 0 Å². The predicted octanol–water partition coefficient (Wildman–Crippen LogP) is 22.6. The lowest BCUT2D eigenvalue weighted by Gasteiger charge is -2.35. The fraction of sp³-hybridized carbons (Fsp3) is 0.344. The molecule has 18 heteroatoms. The molecule has 0 fully saturated rings. The topological polar surface area (TPSA) is 177 Å². The lowest BCUT2D eigenvalue weighted by molar-refractivity contribution is -0.117. The maximum atomic E-state index is 12.0. The summed E-state index contributed by atoms with van der Waals surface area (Å²) >= 11 is 0. The van der Waals surface area contributed by atoms with Crippen molar-refractivity contribution in [3.05, 3.63) is 280 Å². The summed E-state index contributed by atoms with van der Waals surface area (Å²) in [6.45, 7) is 44.7. The van der Waals surface area contributed by atoms with Crippen LogP contribution in [0.15, 0.2) is 212 Å². The molecule has 114 heavy (non-hydrogen) atoms. The number of pyridine rings is 5. The van der Waals surface area contributed by atoms with Crippen molar-refractivity contribution >= 4 is 90.5 Å². The van der Waals surface area contributed by atoms with Crippen LogP contribution in [0.5, 0.6) is 0 Å². The highest BCUT2D eigenvalue weighted by Gasteiger charge is 2.28. The Kier molecular flexibility index (Phi) is 39.8. The van der Waals surface area contributed by atoms with Crippen molar-refractivity contribution in [1.82, 2.24) is 39.0 Å². The second-order valence-electron chi connectivity index (χ2n) is 26.1. The Morgan fingerprint density at radius 1 is 0.316 bits per heavy atom. The Labute approximate surface area is 683 Å². The second-order valence-corrected chi connectivity index (χ2v) is 26.1. The first-order valence-electron chi connectivity index (χ1n) is 40.8. The number of aromatic nitrogens is 8. The van der Waals surface area contributed by atoms with Gasteiger partial charge >= 0.3 is 0 Å². The van der Waals surface area contributed by atoms with Gasteiger partial charge in [-0.15, -0.1) is 0 Å². The molecule has 0 saturated carbocycles. The Morgan fingerprint density at radius 2 is 0.649 bits per heavy atom. The molecule has 0 spiro atoms. The number of imidazole rings is 1. The largest absolute Gasteiger partial charge is 0.371 e. The minimum absolute atomic E-state index is 0.0879. The highest BCUT2D eigenvalue weighted by atomic mass is 16.2. The molecule has 13 aromatic rings. The molecule has 0 aliphatic carbocycles. The SMILES string of the molecule is CC.CC.CC.CC.CC.CC.Cc1nc(NCc2ccccc2)cc2c1N(C)C(=O)CN2C.Cc1nc(NCc2ccccc2)cc2c1N(C)CCN2C.Cc1nc(NCc2ccccc2)cc2c1cc(C)n2C.Cc1nc(NCc2ccccc2)cc2c1nc(C)n2C.Cc1nc(NCc2ccccc2)cc2ccccc12. The van der Waals surface area contributed by atoms with Gasteiger partial charge in [-0.05, 0) is 93.8 Å². The van der Waals surface area contributed by atoms with Gasteiger partial charge in [0.1, 0.15) is 40.4 Å². The fourth-order valence-corrected chi connectivity index (χ4v) is 12.7. The molecule has 0 atom stereocenters. The molecule has 18 nitrogen and oxygen atoms in total. The van der Waals surface area contributed by atoms with Gasteiger partial charge in [-0.3, -0.25) is 4.79 Å². The highest BCUT2D eigenvalue weighted by Crippen LogP contribution is 2.38. The van der Waals surface area contributed by atoms with Crippen LogP contribution >= 0.6 is 0 Å². The summed E-state index contributed by atoms with van der Waals surface area (Å²) in [4.78, 5) is 47.9. The fourth-order valence-electron chi connectivity index (χ4n) is 12.7. The van der Waals surface area contributed by atoms with Crippen LogP contribution in [-0.2, 0) is 51.6 Å². The Balaban J connectivity index is 0.000000246. The van der Waals surface area contributed by atoms with Crippen molar-refractivity contribution in [1.29, 1.82) is 0 Å². The highest BCUT2D eigenvalue weighted by molar-refractivity contribution is 6.03. The van der Waals surface area contributed by atoms with E-state index in [2.05, 4.69) is 265 Å². The molecule has 5 N–H and O–H groups in total. The van der Waals surface area contributed by atoms with E-state index < -0.39 is 0 Å². The second kappa shape index (κ2) is 48.9. The van der Waals surface area contributed by atoms with E-state index in [1.54, 1.807) is 11.9 Å². The summed E-state index contributed by atoms with van der Waals surface area (Å²) < 4.78 is 4.30. The van der Waals surface area contributed by atoms with Crippen LogP contribution in [0.3, 0.4) is 0 Å². The first-order valence-corrected chi connectivity index (χ1v) is 40.8. The molecule has 606 valence electrons. The smallest absolute Gasteiger partial charge is 0.246 e. The molecule has 15 rings (SSSR count). The van der Waals surface area contributed by atoms with Gasteiger partial charge in [-0.1, -0.05) is 259 Å². The number of amides is 1. The molecule has 0 saturated heterocycles. The summed E-state index contributed by atoms with van der Waals surface area (Å²) in [5.74, 6) is 5.61. The van der Waals surface area contributed by atoms with Crippen molar-refractivity contribution in [2.45, 2.75) is 164 Å². The quantitative estimate of drug-likeness (QED) is 0.0654. The summed E-state index contributed by atoms with van der Waals surface area (Å²) in [5, 5.41) is 20.6. The number of hydrogen-bond acceptors (Lipinski definition) is 15. The van der Waals surface area contributed by atoms with Gasteiger partial charge in [0.05, 0.1) is 57.4 Å². The molecular weight excluding hydrogens is 1410 g/mol. The van der Waals surface area contributed by atoms with Crippen LogP contribution in [-0.4, -0.2) is 92.8 Å². The van der Waals surface area contributed by atoms with E-state index in [9.17, 15) is 4.79 Å². The van der Waals surface area contributed by atoms with Crippen LogP contribution < -0.4 is 46.2 Å². The van der Waals surface area contributed by atoms with Crippen molar-refractivity contribution in [3.8, 4) is 0 Å². The van der Waals surface area contributed by atoms with Crippen molar-refractivity contribution in [2.24, 2.45) is 14.1 Å². The predicted molar refractivity (Wildman–Crippen MR) is 493 cm³/mol. The van der Waals surface area contributed by atoms with Crippen LogP contribution in [0.25, 0.3) is 32.7 Å². The summed E-state index contributed by atoms with van der Waals surface area (Å²) in [5.41, 5.74) is 20.3. The van der Waals surface area contributed by atoms with Gasteiger partial charge in [0, 0.05) is 140 Å². The van der Waals surface area contributed by atoms with Crippen LogP contribution in [0.4, 0.5) is 51.8 Å². The number of nitrogens with zero attached hydrogens (tertiary/aromatic N) is 12. The number of nitrogens with one attached hydrogen (secondary N) is 5. The number of likely N-dealkylation sites (N-methyl/N-ethyl adjacent to an activating group) is 4. The summed E-state index contributed by atoms with van der Waals surface area (Å²) in [7, 11) is 12.1. The molecule has 6 aromatic carbocycles. The molecule has 1 amide bonds. The van der Waals surface area contributed by atoms with Gasteiger partial charge < -0.3 is 55.3 Å². The summed E-state index contributed by atoms with van der Waals surface area (Å²) in [6.07, 6.45) is 0. The minimum atomic E-state index is 0.0879. The van der Waals surface area contributed by atoms with Gasteiger partial charge in [-0.25, -0.2) is 29.9 Å². The van der Waals surface area contributed by atoms with E-state index in [1.807, 2.05) is 190 Å². The van der Waals surface area contributed by atoms with Crippen LogP contribution in [0.1, 0.15) is 151 Å². The minimum Gasteiger partial charge on any atom is -0.371 e. The molecule has 0 unspecified atom stereocenters. The zero-order valence-corrected chi connectivity index (χ0v) is 73.1. The lowest BCUT2D eigenvalue weighted by atomic mass is 10.1. The number of aryl methyl sites for hydroxylation is 9. The van der Waals surface area contributed by atoms with Crippen LogP contribution in [0, 0.1) is 48.5 Å². The number of hydrogen-bond donors (Lipinski definition) is 5. The maximum Gasteiger partial charge on any atom is 0.246 e. The van der Waals surface area contributed by atoms with Gasteiger partial charge in [0.2, 0.25) is 5.91 Å². The molecule has 2 aliphatic rings. The molecule has 0 bridgehead atoms. The zero-order valence-electron chi connectivity index (χ0n) is 73.1. The molecule has 9 heterocycles. The summed E-state index contributed by atoms with van der Waals surface area (Å²) in [6, 6.07) is 72.7. The average Bonchev–Trinajstić information content (AvgIpc) is 0.816. The van der Waals surface area contributed by atoms with E-state index in [1.165, 1.54) is 66.6 Å². The maximum absolute atomic E-state index is 12.0. The standard InChI is InChI=1S/C17H20N4O.C17H22N4.C17H19N3.C17H16N2.C16H18N4.6C2H6/c1-12-17-14(20(2)11-16(22)21(17)3)9-15(19-12)18-10-13-7-5-4-6-8-13;1-13-17-15(20(2)9-10-21(17)3)11-16(19-13)18-12-14-7-5-4-6-8-14;1-12-9-15-13(2)19-17(10-16(15)20(12)3)18-11-14-7-5-4-6-8-14;1-13-16-10-6-5-9-15(16)11-17(19-13)18-12-14-7-3-2-4-8-14;1-11-16-14(20(3)12(2)19-16)9-15(18-11)17-10-13-7-5-4-6-8-13;6*1-2/h4-9H,10-11H2,1-3H3,(H,18,19);4-8,11H,9-10,12H2,1-3H3,(H,18,19);4-10H,11H2,1-3H3,(H,18,19);2-11H,12H2,1H3,(H,18,19);4-9H,10H2,1-3H3,(H,17,18);6*1-2H3. The van der Waals surface area contributed by atoms with Gasteiger partial charge in [0.15, 0.2) is 0 Å². The van der Waals surface area contributed by atoms with Gasteiger partial charge in [0.25, 0.3) is 0 Å². The third-order valence-electron chi connectivity index (χ3n) is 18.6.